The van der Waals surface area contributed by atoms with Crippen molar-refractivity contribution in [3.8, 4) is 0 Å². The van der Waals surface area contributed by atoms with Gasteiger partial charge in [0.1, 0.15) is 0 Å². The highest BCUT2D eigenvalue weighted by molar-refractivity contribution is 7.99. The van der Waals surface area contributed by atoms with Crippen LogP contribution in [0.2, 0.25) is 0 Å². The number of carbonyl (C=O) groups excluding carboxylic acids is 1. The van der Waals surface area contributed by atoms with Crippen LogP contribution in [0.25, 0.3) is 0 Å². The lowest BCUT2D eigenvalue weighted by Crippen LogP contribution is -2.59. The smallest absolute Gasteiger partial charge is 0.165 e. The third kappa shape index (κ3) is 2.89. The molecule has 2 aromatic rings. The average Bonchev–Trinajstić information content (AvgIpc) is 2.68. The molecule has 1 N–H and O–H groups in total. The number of fused-ring (bicyclic) bond motifs is 5. The molecular formula is C22H24N2O2S. The molecule has 1 atom stereocenters. The summed E-state index contributed by atoms with van der Waals surface area (Å²) in [6.07, 6.45) is 2.23. The van der Waals surface area contributed by atoms with Gasteiger partial charge in [0.05, 0.1) is 17.0 Å². The molecule has 2 bridgehead atoms. The van der Waals surface area contributed by atoms with E-state index in [0.29, 0.717) is 12.1 Å². The quantitative estimate of drug-likeness (QED) is 0.817. The van der Waals surface area contributed by atoms with Crippen molar-refractivity contribution in [1.82, 2.24) is 4.90 Å². The minimum Gasteiger partial charge on any atom is -0.388 e. The van der Waals surface area contributed by atoms with Crippen LogP contribution in [0.15, 0.2) is 52.3 Å². The number of hydrogen-bond donors (Lipinski definition) is 1. The van der Waals surface area contributed by atoms with Gasteiger partial charge in [0.2, 0.25) is 0 Å². The van der Waals surface area contributed by atoms with Gasteiger partial charge < -0.3 is 14.9 Å². The SMILES string of the molecule is CN1c2ccccc2Sc2ccc(C(=O)CC3(O)CN4CCC3CC4)cc21. The Kier molecular flexibility index (Phi) is 4.08. The second kappa shape index (κ2) is 6.36. The fourth-order valence-electron chi connectivity index (χ4n) is 4.83. The summed E-state index contributed by atoms with van der Waals surface area (Å²) in [6, 6.07) is 14.3. The number of para-hydroxylation sites is 1. The molecule has 0 aliphatic carbocycles. The fourth-order valence-corrected chi connectivity index (χ4v) is 5.96. The minimum atomic E-state index is -0.864. The van der Waals surface area contributed by atoms with E-state index in [1.807, 2.05) is 31.3 Å². The number of nitrogens with zero attached hydrogens (tertiary/aromatic N) is 2. The van der Waals surface area contributed by atoms with Crippen LogP contribution in [0.5, 0.6) is 0 Å². The van der Waals surface area contributed by atoms with Gasteiger partial charge in [0, 0.05) is 35.4 Å². The molecule has 0 spiro atoms. The molecule has 6 rings (SSSR count). The number of benzene rings is 2. The number of aliphatic hydroxyl groups is 1. The third-order valence-corrected chi connectivity index (χ3v) is 7.53. The number of ketones is 1. The lowest BCUT2D eigenvalue weighted by Gasteiger charge is -2.50. The highest BCUT2D eigenvalue weighted by Crippen LogP contribution is 2.47. The van der Waals surface area contributed by atoms with E-state index in [2.05, 4.69) is 28.0 Å². The molecule has 0 amide bonds. The van der Waals surface area contributed by atoms with E-state index in [0.717, 1.165) is 42.2 Å². The summed E-state index contributed by atoms with van der Waals surface area (Å²) in [5.41, 5.74) is 2.06. The summed E-state index contributed by atoms with van der Waals surface area (Å²) < 4.78 is 0. The zero-order valence-corrected chi connectivity index (χ0v) is 16.3. The molecule has 27 heavy (non-hydrogen) atoms. The summed E-state index contributed by atoms with van der Waals surface area (Å²) in [7, 11) is 2.05. The van der Waals surface area contributed by atoms with E-state index in [9.17, 15) is 9.90 Å². The zero-order valence-electron chi connectivity index (χ0n) is 15.5. The van der Waals surface area contributed by atoms with Gasteiger partial charge in [-0.1, -0.05) is 30.0 Å². The molecule has 0 radical (unpaired) electrons. The number of carbonyl (C=O) groups is 1. The first kappa shape index (κ1) is 17.3. The number of hydrogen-bond acceptors (Lipinski definition) is 5. The van der Waals surface area contributed by atoms with Crippen molar-refractivity contribution < 1.29 is 9.90 Å². The number of piperidine rings is 3. The Bertz CT molecular complexity index is 907. The summed E-state index contributed by atoms with van der Waals surface area (Å²) in [5.74, 6) is 0.306. The van der Waals surface area contributed by atoms with Crippen molar-refractivity contribution in [2.24, 2.45) is 5.92 Å². The Morgan fingerprint density at radius 1 is 1.15 bits per heavy atom. The van der Waals surface area contributed by atoms with Gasteiger partial charge in [-0.05, 0) is 56.1 Å². The third-order valence-electron chi connectivity index (χ3n) is 6.40. The van der Waals surface area contributed by atoms with E-state index in [-0.39, 0.29) is 18.1 Å². The maximum absolute atomic E-state index is 13.0. The van der Waals surface area contributed by atoms with Crippen molar-refractivity contribution in [2.45, 2.75) is 34.7 Å². The Balaban J connectivity index is 1.41. The van der Waals surface area contributed by atoms with Gasteiger partial charge in [0.25, 0.3) is 0 Å². The first-order valence-electron chi connectivity index (χ1n) is 9.66. The van der Waals surface area contributed by atoms with Crippen molar-refractivity contribution in [2.75, 3.05) is 31.6 Å². The highest BCUT2D eigenvalue weighted by atomic mass is 32.2. The Labute approximate surface area is 164 Å². The monoisotopic (exact) mass is 380 g/mol. The van der Waals surface area contributed by atoms with Crippen LogP contribution in [0.4, 0.5) is 11.4 Å². The van der Waals surface area contributed by atoms with Crippen LogP contribution in [0.3, 0.4) is 0 Å². The van der Waals surface area contributed by atoms with Crippen molar-refractivity contribution in [3.63, 3.8) is 0 Å². The molecule has 4 heterocycles. The lowest BCUT2D eigenvalue weighted by atomic mass is 9.72. The van der Waals surface area contributed by atoms with Crippen LogP contribution in [-0.4, -0.2) is 48.1 Å². The Morgan fingerprint density at radius 2 is 1.89 bits per heavy atom. The minimum absolute atomic E-state index is 0.0475. The predicted molar refractivity (Wildman–Crippen MR) is 108 cm³/mol. The maximum Gasteiger partial charge on any atom is 0.165 e. The maximum atomic E-state index is 13.0. The van der Waals surface area contributed by atoms with E-state index < -0.39 is 5.60 Å². The second-order valence-corrected chi connectivity index (χ2v) is 9.15. The molecule has 140 valence electrons. The largest absolute Gasteiger partial charge is 0.388 e. The first-order valence-corrected chi connectivity index (χ1v) is 10.5. The molecule has 2 aromatic carbocycles. The molecule has 3 fully saturated rings. The Hall–Kier alpha value is -1.82. The normalized spacial score (nSPS) is 28.6. The van der Waals surface area contributed by atoms with Crippen LogP contribution in [0.1, 0.15) is 29.6 Å². The predicted octanol–water partition coefficient (Wildman–Crippen LogP) is 3.95. The van der Waals surface area contributed by atoms with Gasteiger partial charge in [-0.3, -0.25) is 4.79 Å². The van der Waals surface area contributed by atoms with E-state index in [1.165, 1.54) is 4.90 Å². The Morgan fingerprint density at radius 3 is 2.63 bits per heavy atom. The van der Waals surface area contributed by atoms with Crippen LogP contribution >= 0.6 is 11.8 Å². The molecule has 4 aliphatic rings. The molecule has 5 heteroatoms. The van der Waals surface area contributed by atoms with Crippen LogP contribution in [0, 0.1) is 5.92 Å². The van der Waals surface area contributed by atoms with Crippen LogP contribution in [-0.2, 0) is 0 Å². The van der Waals surface area contributed by atoms with E-state index >= 15 is 0 Å². The van der Waals surface area contributed by atoms with Crippen molar-refractivity contribution >= 4 is 28.9 Å². The average molecular weight is 381 g/mol. The van der Waals surface area contributed by atoms with E-state index in [4.69, 9.17) is 0 Å². The van der Waals surface area contributed by atoms with Gasteiger partial charge in [-0.15, -0.1) is 0 Å². The number of anilines is 2. The summed E-state index contributed by atoms with van der Waals surface area (Å²) in [4.78, 5) is 19.9. The second-order valence-electron chi connectivity index (χ2n) is 8.07. The van der Waals surface area contributed by atoms with Gasteiger partial charge in [-0.25, -0.2) is 0 Å². The van der Waals surface area contributed by atoms with E-state index in [1.54, 1.807) is 11.8 Å². The van der Waals surface area contributed by atoms with Gasteiger partial charge >= 0.3 is 0 Å². The molecule has 1 unspecified atom stereocenters. The van der Waals surface area contributed by atoms with Crippen molar-refractivity contribution in [1.29, 1.82) is 0 Å². The zero-order chi connectivity index (χ0) is 18.6. The molecule has 4 aliphatic heterocycles. The summed E-state index contributed by atoms with van der Waals surface area (Å²) in [6.45, 7) is 2.75. The molecular weight excluding hydrogens is 356 g/mol. The lowest BCUT2D eigenvalue weighted by molar-refractivity contribution is -0.109. The van der Waals surface area contributed by atoms with Crippen molar-refractivity contribution in [3.05, 3.63) is 48.0 Å². The topological polar surface area (TPSA) is 43.8 Å². The number of rotatable bonds is 3. The van der Waals surface area contributed by atoms with Crippen LogP contribution < -0.4 is 4.90 Å². The fraction of sp³-hybridized carbons (Fsp3) is 0.409. The van der Waals surface area contributed by atoms with Gasteiger partial charge in [-0.2, -0.15) is 0 Å². The summed E-state index contributed by atoms with van der Waals surface area (Å²) >= 11 is 1.74. The highest BCUT2D eigenvalue weighted by Gasteiger charge is 2.46. The molecule has 4 nitrogen and oxygen atoms in total. The standard InChI is InChI=1S/C22H24N2O2S/c1-23-17-4-2-3-5-20(17)27-21-7-6-15(12-18(21)23)19(25)13-22(26)14-24-10-8-16(22)9-11-24/h2-7,12,16,26H,8-11,13-14H2,1H3. The first-order chi connectivity index (χ1) is 13.0. The molecule has 3 saturated heterocycles. The summed E-state index contributed by atoms with van der Waals surface area (Å²) in [5, 5.41) is 11.1. The molecule has 0 saturated carbocycles. The number of Topliss-reactive ketones (excluding diaryl/α,β-unsaturated/α-hetero) is 1. The molecule has 0 aromatic heterocycles. The van der Waals surface area contributed by atoms with Gasteiger partial charge in [0.15, 0.2) is 5.78 Å².